The number of nitrogens with two attached hydrogens (primary N) is 1. The highest BCUT2D eigenvalue weighted by Crippen LogP contribution is 2.19. The molecule has 4 nitrogen and oxygen atoms in total. The number of ether oxygens (including phenoxy) is 1. The van der Waals surface area contributed by atoms with Crippen molar-refractivity contribution in [2.75, 3.05) is 26.2 Å². The molecule has 0 saturated carbocycles. The van der Waals surface area contributed by atoms with Crippen molar-refractivity contribution >= 4 is 5.84 Å². The molecule has 4 heteroatoms. The predicted octanol–water partition coefficient (Wildman–Crippen LogP) is 2.00. The molecule has 1 aromatic carbocycles. The monoisotopic (exact) mass is 249 g/mol. The molecule has 0 heterocycles. The lowest BCUT2D eigenvalue weighted by Crippen LogP contribution is -2.28. The van der Waals surface area contributed by atoms with Gasteiger partial charge in [-0.2, -0.15) is 0 Å². The maximum Gasteiger partial charge on any atom is 0.130 e. The van der Waals surface area contributed by atoms with E-state index in [4.69, 9.17) is 15.9 Å². The molecule has 0 bridgehead atoms. The Balaban J connectivity index is 2.64. The summed E-state index contributed by atoms with van der Waals surface area (Å²) in [6, 6.07) is 5.74. The van der Waals surface area contributed by atoms with Crippen LogP contribution < -0.4 is 10.5 Å². The van der Waals surface area contributed by atoms with Gasteiger partial charge in [-0.15, -0.1) is 0 Å². The normalized spacial score (nSPS) is 10.7. The average Bonchev–Trinajstić information content (AvgIpc) is 2.36. The Hall–Kier alpha value is -1.55. The molecule has 0 saturated heterocycles. The molecule has 0 amide bonds. The lowest BCUT2D eigenvalue weighted by Gasteiger charge is -2.19. The summed E-state index contributed by atoms with van der Waals surface area (Å²) in [4.78, 5) is 2.29. The number of aryl methyl sites for hydroxylation is 1. The number of nitrogen functional groups attached to an aromatic ring is 1. The van der Waals surface area contributed by atoms with Gasteiger partial charge in [-0.05, 0) is 32.1 Å². The summed E-state index contributed by atoms with van der Waals surface area (Å²) in [5.41, 5.74) is 7.32. The Labute approximate surface area is 109 Å². The summed E-state index contributed by atoms with van der Waals surface area (Å²) in [6.07, 6.45) is 0. The van der Waals surface area contributed by atoms with Gasteiger partial charge in [0.05, 0.1) is 5.56 Å². The van der Waals surface area contributed by atoms with Crippen LogP contribution in [0.5, 0.6) is 5.75 Å². The summed E-state index contributed by atoms with van der Waals surface area (Å²) in [5, 5.41) is 7.55. The highest BCUT2D eigenvalue weighted by Gasteiger charge is 2.07. The van der Waals surface area contributed by atoms with Gasteiger partial charge in [0, 0.05) is 6.54 Å². The number of nitrogens with one attached hydrogen (secondary N) is 1. The summed E-state index contributed by atoms with van der Waals surface area (Å²) in [6.45, 7) is 9.79. The van der Waals surface area contributed by atoms with E-state index in [9.17, 15) is 0 Å². The van der Waals surface area contributed by atoms with Crippen molar-refractivity contribution in [2.45, 2.75) is 20.8 Å². The molecule has 100 valence electrons. The quantitative estimate of drug-likeness (QED) is 0.574. The number of hydrogen-bond donors (Lipinski definition) is 2. The zero-order valence-corrected chi connectivity index (χ0v) is 11.5. The first-order valence-electron chi connectivity index (χ1n) is 6.38. The van der Waals surface area contributed by atoms with Crippen LogP contribution in [0.4, 0.5) is 0 Å². The maximum atomic E-state index is 7.55. The van der Waals surface area contributed by atoms with Crippen molar-refractivity contribution in [3.05, 3.63) is 29.3 Å². The fraction of sp³-hybridized carbons (Fsp3) is 0.500. The molecular weight excluding hydrogens is 226 g/mol. The van der Waals surface area contributed by atoms with E-state index < -0.39 is 0 Å². The minimum Gasteiger partial charge on any atom is -0.491 e. The van der Waals surface area contributed by atoms with E-state index in [0.29, 0.717) is 17.9 Å². The zero-order valence-electron chi connectivity index (χ0n) is 11.5. The molecule has 1 rings (SSSR count). The van der Waals surface area contributed by atoms with Crippen molar-refractivity contribution in [1.82, 2.24) is 4.90 Å². The third-order valence-corrected chi connectivity index (χ3v) is 2.98. The van der Waals surface area contributed by atoms with E-state index in [1.54, 1.807) is 0 Å². The fourth-order valence-corrected chi connectivity index (χ4v) is 1.80. The van der Waals surface area contributed by atoms with Gasteiger partial charge in [0.15, 0.2) is 0 Å². The van der Waals surface area contributed by atoms with E-state index >= 15 is 0 Å². The van der Waals surface area contributed by atoms with Crippen LogP contribution in [0.1, 0.15) is 25.0 Å². The van der Waals surface area contributed by atoms with Gasteiger partial charge in [-0.25, -0.2) is 0 Å². The Bertz CT molecular complexity index is 400. The maximum absolute atomic E-state index is 7.55. The van der Waals surface area contributed by atoms with Gasteiger partial charge in [-0.1, -0.05) is 25.5 Å². The van der Waals surface area contributed by atoms with Crippen LogP contribution in [0.2, 0.25) is 0 Å². The van der Waals surface area contributed by atoms with Crippen molar-refractivity contribution in [3.8, 4) is 5.75 Å². The summed E-state index contributed by atoms with van der Waals surface area (Å²) >= 11 is 0. The van der Waals surface area contributed by atoms with Crippen molar-refractivity contribution in [3.63, 3.8) is 0 Å². The third kappa shape index (κ3) is 4.04. The molecule has 0 aliphatic rings. The van der Waals surface area contributed by atoms with Crippen LogP contribution in [-0.4, -0.2) is 37.0 Å². The largest absolute Gasteiger partial charge is 0.491 e. The summed E-state index contributed by atoms with van der Waals surface area (Å²) in [5.74, 6) is 0.747. The molecular formula is C14H23N3O. The van der Waals surface area contributed by atoms with Crippen molar-refractivity contribution in [1.29, 1.82) is 5.41 Å². The first kappa shape index (κ1) is 14.5. The first-order valence-corrected chi connectivity index (χ1v) is 6.38. The predicted molar refractivity (Wildman–Crippen MR) is 75.5 cm³/mol. The van der Waals surface area contributed by atoms with E-state index in [1.807, 2.05) is 25.1 Å². The van der Waals surface area contributed by atoms with Crippen molar-refractivity contribution in [2.24, 2.45) is 5.73 Å². The standard InChI is InChI=1S/C14H23N3O/c1-4-17(5-2)8-9-18-13-7-6-11(3)10-12(13)14(15)16/h6-7,10H,4-5,8-9H2,1-3H3,(H3,15,16). The number of benzene rings is 1. The summed E-state index contributed by atoms with van der Waals surface area (Å²) in [7, 11) is 0. The number of hydrogen-bond acceptors (Lipinski definition) is 3. The Morgan fingerprint density at radius 3 is 2.56 bits per heavy atom. The molecule has 0 aromatic heterocycles. The lowest BCUT2D eigenvalue weighted by atomic mass is 10.1. The van der Waals surface area contributed by atoms with Crippen LogP contribution >= 0.6 is 0 Å². The van der Waals surface area contributed by atoms with Gasteiger partial charge in [0.2, 0.25) is 0 Å². The molecule has 0 aliphatic carbocycles. The zero-order chi connectivity index (χ0) is 13.5. The van der Waals surface area contributed by atoms with E-state index in [1.165, 1.54) is 0 Å². The second kappa shape index (κ2) is 7.01. The SMILES string of the molecule is CCN(CC)CCOc1ccc(C)cc1C(=N)N. The molecule has 0 atom stereocenters. The van der Waals surface area contributed by atoms with Crippen LogP contribution in [0.25, 0.3) is 0 Å². The van der Waals surface area contributed by atoms with Crippen molar-refractivity contribution < 1.29 is 4.74 Å². The second-order valence-corrected chi connectivity index (χ2v) is 4.29. The minimum absolute atomic E-state index is 0.0524. The minimum atomic E-state index is 0.0524. The van der Waals surface area contributed by atoms with Crippen LogP contribution in [-0.2, 0) is 0 Å². The Kier molecular flexibility index (Phi) is 5.65. The van der Waals surface area contributed by atoms with Crippen LogP contribution in [0, 0.1) is 12.3 Å². The van der Waals surface area contributed by atoms with Gasteiger partial charge in [0.25, 0.3) is 0 Å². The smallest absolute Gasteiger partial charge is 0.130 e. The van der Waals surface area contributed by atoms with Gasteiger partial charge >= 0.3 is 0 Å². The van der Waals surface area contributed by atoms with Crippen LogP contribution in [0.3, 0.4) is 0 Å². The van der Waals surface area contributed by atoms with Gasteiger partial charge in [-0.3, -0.25) is 5.41 Å². The van der Waals surface area contributed by atoms with E-state index in [-0.39, 0.29) is 5.84 Å². The third-order valence-electron chi connectivity index (χ3n) is 2.98. The molecule has 0 unspecified atom stereocenters. The molecule has 1 aromatic rings. The molecule has 0 radical (unpaired) electrons. The molecule has 0 aliphatic heterocycles. The Morgan fingerprint density at radius 1 is 1.33 bits per heavy atom. The van der Waals surface area contributed by atoms with E-state index in [2.05, 4.69) is 18.7 Å². The highest BCUT2D eigenvalue weighted by molar-refractivity contribution is 5.97. The summed E-state index contributed by atoms with van der Waals surface area (Å²) < 4.78 is 5.73. The lowest BCUT2D eigenvalue weighted by molar-refractivity contribution is 0.222. The highest BCUT2D eigenvalue weighted by atomic mass is 16.5. The molecule has 0 fully saturated rings. The first-order chi connectivity index (χ1) is 8.58. The topological polar surface area (TPSA) is 62.3 Å². The van der Waals surface area contributed by atoms with Gasteiger partial charge in [0.1, 0.15) is 18.2 Å². The molecule has 18 heavy (non-hydrogen) atoms. The number of amidine groups is 1. The number of nitrogens with zero attached hydrogens (tertiary/aromatic N) is 1. The molecule has 3 N–H and O–H groups in total. The Morgan fingerprint density at radius 2 is 2.00 bits per heavy atom. The van der Waals surface area contributed by atoms with E-state index in [0.717, 1.165) is 25.2 Å². The number of rotatable bonds is 7. The fourth-order valence-electron chi connectivity index (χ4n) is 1.80. The molecule has 0 spiro atoms. The second-order valence-electron chi connectivity index (χ2n) is 4.29. The van der Waals surface area contributed by atoms with Gasteiger partial charge < -0.3 is 15.4 Å². The number of likely N-dealkylation sites (N-methyl/N-ethyl adjacent to an activating group) is 1. The van der Waals surface area contributed by atoms with Crippen LogP contribution in [0.15, 0.2) is 18.2 Å². The average molecular weight is 249 g/mol.